The number of hydrogen-bond donors (Lipinski definition) is 1. The van der Waals surface area contributed by atoms with Gasteiger partial charge in [0.1, 0.15) is 11.7 Å². The van der Waals surface area contributed by atoms with E-state index in [1.54, 1.807) is 24.3 Å². The number of hydrogen-bond acceptors (Lipinski definition) is 3. The molecule has 96 valence electrons. The van der Waals surface area contributed by atoms with Crippen LogP contribution in [-0.2, 0) is 9.59 Å². The second kappa shape index (κ2) is 6.10. The van der Waals surface area contributed by atoms with Gasteiger partial charge in [-0.2, -0.15) is 0 Å². The molecule has 1 aromatic carbocycles. The number of aliphatic carboxylic acids is 1. The summed E-state index contributed by atoms with van der Waals surface area (Å²) in [6, 6.07) is 6.75. The summed E-state index contributed by atoms with van der Waals surface area (Å²) in [6.45, 7) is 3.27. The van der Waals surface area contributed by atoms with Gasteiger partial charge in [0.15, 0.2) is 5.78 Å². The van der Waals surface area contributed by atoms with Crippen LogP contribution in [0.25, 0.3) is 0 Å². The Balaban J connectivity index is 2.85. The maximum absolute atomic E-state index is 12.0. The summed E-state index contributed by atoms with van der Waals surface area (Å²) in [5.74, 6) is -2.87. The molecule has 0 amide bonds. The van der Waals surface area contributed by atoms with Crippen molar-refractivity contribution >= 4 is 17.5 Å². The van der Waals surface area contributed by atoms with Crippen molar-refractivity contribution in [3.05, 3.63) is 35.4 Å². The predicted octanol–water partition coefficient (Wildman–Crippen LogP) is 2.25. The van der Waals surface area contributed by atoms with Crippen LogP contribution in [0.1, 0.15) is 35.7 Å². The van der Waals surface area contributed by atoms with Crippen LogP contribution in [0.3, 0.4) is 0 Å². The van der Waals surface area contributed by atoms with Crippen LogP contribution in [0.2, 0.25) is 0 Å². The summed E-state index contributed by atoms with van der Waals surface area (Å²) in [6.07, 6.45) is 0.159. The number of aryl methyl sites for hydroxylation is 1. The Morgan fingerprint density at radius 1 is 1.17 bits per heavy atom. The summed E-state index contributed by atoms with van der Waals surface area (Å²) >= 11 is 0. The SMILES string of the molecule is CC(=O)CCC(C(=O)O)C(=O)c1ccc(C)cc1. The van der Waals surface area contributed by atoms with E-state index in [1.807, 2.05) is 6.92 Å². The van der Waals surface area contributed by atoms with Gasteiger partial charge in [0.25, 0.3) is 0 Å². The Morgan fingerprint density at radius 2 is 1.72 bits per heavy atom. The molecule has 0 spiro atoms. The largest absolute Gasteiger partial charge is 0.481 e. The molecule has 0 aliphatic heterocycles. The lowest BCUT2D eigenvalue weighted by molar-refractivity contribution is -0.140. The molecule has 4 heteroatoms. The molecule has 0 bridgehead atoms. The predicted molar refractivity (Wildman–Crippen MR) is 66.6 cm³/mol. The number of benzene rings is 1. The molecule has 0 fully saturated rings. The normalized spacial score (nSPS) is 11.9. The zero-order valence-electron chi connectivity index (χ0n) is 10.5. The van der Waals surface area contributed by atoms with Crippen molar-refractivity contribution in [2.24, 2.45) is 5.92 Å². The van der Waals surface area contributed by atoms with E-state index in [4.69, 9.17) is 5.11 Å². The molecule has 0 saturated carbocycles. The molecule has 0 aromatic heterocycles. The van der Waals surface area contributed by atoms with E-state index in [0.717, 1.165) is 5.56 Å². The van der Waals surface area contributed by atoms with Gasteiger partial charge in [-0.15, -0.1) is 0 Å². The van der Waals surface area contributed by atoms with E-state index in [1.165, 1.54) is 6.92 Å². The molecule has 0 saturated heterocycles. The Labute approximate surface area is 106 Å². The average Bonchev–Trinajstić information content (AvgIpc) is 2.29. The lowest BCUT2D eigenvalue weighted by atomic mass is 9.92. The number of carbonyl (C=O) groups is 3. The van der Waals surface area contributed by atoms with Gasteiger partial charge in [0.05, 0.1) is 0 Å². The fraction of sp³-hybridized carbons (Fsp3) is 0.357. The van der Waals surface area contributed by atoms with E-state index in [2.05, 4.69) is 0 Å². The van der Waals surface area contributed by atoms with Gasteiger partial charge in [-0.05, 0) is 20.3 Å². The van der Waals surface area contributed by atoms with Crippen molar-refractivity contribution in [3.8, 4) is 0 Å². The van der Waals surface area contributed by atoms with E-state index in [9.17, 15) is 14.4 Å². The summed E-state index contributed by atoms with van der Waals surface area (Å²) < 4.78 is 0. The molecular formula is C14H16O4. The second-order valence-electron chi connectivity index (χ2n) is 4.36. The van der Waals surface area contributed by atoms with Crippen LogP contribution in [-0.4, -0.2) is 22.6 Å². The van der Waals surface area contributed by atoms with E-state index in [-0.39, 0.29) is 18.6 Å². The van der Waals surface area contributed by atoms with Crippen LogP contribution in [0, 0.1) is 12.8 Å². The molecule has 0 heterocycles. The van der Waals surface area contributed by atoms with Crippen molar-refractivity contribution < 1.29 is 19.5 Å². The van der Waals surface area contributed by atoms with E-state index >= 15 is 0 Å². The Bertz CT molecular complexity index is 459. The third-order valence-electron chi connectivity index (χ3n) is 2.74. The second-order valence-corrected chi connectivity index (χ2v) is 4.36. The molecule has 0 aliphatic carbocycles. The van der Waals surface area contributed by atoms with E-state index in [0.29, 0.717) is 5.56 Å². The third kappa shape index (κ3) is 3.80. The lowest BCUT2D eigenvalue weighted by Crippen LogP contribution is -2.24. The first kappa shape index (κ1) is 14.1. The molecule has 0 radical (unpaired) electrons. The van der Waals surface area contributed by atoms with Gasteiger partial charge < -0.3 is 9.90 Å². The summed E-state index contributed by atoms with van der Waals surface area (Å²) in [5, 5.41) is 9.04. The number of carbonyl (C=O) groups excluding carboxylic acids is 2. The van der Waals surface area contributed by atoms with Gasteiger partial charge in [-0.3, -0.25) is 9.59 Å². The molecule has 1 unspecified atom stereocenters. The monoisotopic (exact) mass is 248 g/mol. The zero-order valence-corrected chi connectivity index (χ0v) is 10.5. The average molecular weight is 248 g/mol. The Hall–Kier alpha value is -1.97. The van der Waals surface area contributed by atoms with E-state index < -0.39 is 17.7 Å². The summed E-state index contributed by atoms with van der Waals surface area (Å²) in [7, 11) is 0. The minimum atomic E-state index is -1.18. The maximum atomic E-state index is 12.0. The van der Waals surface area contributed by atoms with Crippen LogP contribution in [0.15, 0.2) is 24.3 Å². The van der Waals surface area contributed by atoms with Crippen LogP contribution >= 0.6 is 0 Å². The fourth-order valence-electron chi connectivity index (χ4n) is 1.63. The van der Waals surface area contributed by atoms with Crippen molar-refractivity contribution in [2.45, 2.75) is 26.7 Å². The van der Waals surface area contributed by atoms with Crippen molar-refractivity contribution in [1.29, 1.82) is 0 Å². The molecule has 18 heavy (non-hydrogen) atoms. The van der Waals surface area contributed by atoms with Crippen LogP contribution in [0.5, 0.6) is 0 Å². The molecular weight excluding hydrogens is 232 g/mol. The highest BCUT2D eigenvalue weighted by molar-refractivity contribution is 6.08. The third-order valence-corrected chi connectivity index (χ3v) is 2.74. The zero-order chi connectivity index (χ0) is 13.7. The topological polar surface area (TPSA) is 71.4 Å². The van der Waals surface area contributed by atoms with Crippen LogP contribution < -0.4 is 0 Å². The fourth-order valence-corrected chi connectivity index (χ4v) is 1.63. The standard InChI is InChI=1S/C14H16O4/c1-9-3-6-11(7-4-9)13(16)12(14(17)18)8-5-10(2)15/h3-4,6-7,12H,5,8H2,1-2H3,(H,17,18). The highest BCUT2D eigenvalue weighted by Crippen LogP contribution is 2.16. The van der Waals surface area contributed by atoms with Crippen molar-refractivity contribution in [3.63, 3.8) is 0 Å². The number of rotatable bonds is 6. The lowest BCUT2D eigenvalue weighted by Gasteiger charge is -2.10. The van der Waals surface area contributed by atoms with Crippen molar-refractivity contribution in [2.75, 3.05) is 0 Å². The minimum Gasteiger partial charge on any atom is -0.481 e. The first-order chi connectivity index (χ1) is 8.41. The highest BCUT2D eigenvalue weighted by Gasteiger charge is 2.27. The smallest absolute Gasteiger partial charge is 0.314 e. The molecule has 1 N–H and O–H groups in total. The first-order valence-corrected chi connectivity index (χ1v) is 5.75. The molecule has 1 atom stereocenters. The van der Waals surface area contributed by atoms with Gasteiger partial charge in [-0.1, -0.05) is 29.8 Å². The molecule has 0 aliphatic rings. The van der Waals surface area contributed by atoms with Crippen molar-refractivity contribution in [1.82, 2.24) is 0 Å². The first-order valence-electron chi connectivity index (χ1n) is 5.75. The van der Waals surface area contributed by atoms with Crippen LogP contribution in [0.4, 0.5) is 0 Å². The number of carboxylic acid groups (broad SMARTS) is 1. The number of ketones is 2. The quantitative estimate of drug-likeness (QED) is 0.619. The molecule has 4 nitrogen and oxygen atoms in total. The molecule has 1 aromatic rings. The van der Waals surface area contributed by atoms with Gasteiger partial charge in [-0.25, -0.2) is 0 Å². The van der Waals surface area contributed by atoms with Gasteiger partial charge in [0.2, 0.25) is 0 Å². The summed E-state index contributed by atoms with van der Waals surface area (Å²) in [4.78, 5) is 33.9. The maximum Gasteiger partial charge on any atom is 0.314 e. The highest BCUT2D eigenvalue weighted by atomic mass is 16.4. The van der Waals surface area contributed by atoms with Gasteiger partial charge in [0, 0.05) is 12.0 Å². The number of Topliss-reactive ketones (excluding diaryl/α,β-unsaturated/α-hetero) is 2. The minimum absolute atomic E-state index is 0.0530. The Morgan fingerprint density at radius 3 is 2.17 bits per heavy atom. The molecule has 1 rings (SSSR count). The Kier molecular flexibility index (Phi) is 4.77. The number of carboxylic acids is 1. The van der Waals surface area contributed by atoms with Gasteiger partial charge >= 0.3 is 5.97 Å². The summed E-state index contributed by atoms with van der Waals surface area (Å²) in [5.41, 5.74) is 1.37.